The third kappa shape index (κ3) is 4.02. The number of nitrogens with zero attached hydrogens (tertiary/aromatic N) is 2. The van der Waals surface area contributed by atoms with Crippen LogP contribution >= 0.6 is 34.7 Å². The van der Waals surface area contributed by atoms with E-state index in [1.165, 1.54) is 23.1 Å². The molecule has 0 radical (unpaired) electrons. The van der Waals surface area contributed by atoms with Crippen LogP contribution in [0.4, 0.5) is 5.69 Å². The van der Waals surface area contributed by atoms with Gasteiger partial charge in [-0.15, -0.1) is 10.2 Å². The molecule has 122 valence electrons. The first kappa shape index (κ1) is 16.7. The smallest absolute Gasteiger partial charge is 0.244 e. The molecule has 0 atom stereocenters. The molecular weight excluding hydrogens is 356 g/mol. The number of aromatic nitrogens is 2. The third-order valence-corrected chi connectivity index (χ3v) is 5.84. The van der Waals surface area contributed by atoms with E-state index < -0.39 is 5.54 Å². The molecule has 0 unspecified atom stereocenters. The summed E-state index contributed by atoms with van der Waals surface area (Å²) in [5, 5.41) is 11.1. The van der Waals surface area contributed by atoms with E-state index in [1.807, 2.05) is 6.07 Å². The summed E-state index contributed by atoms with van der Waals surface area (Å²) in [6, 6.07) is 5.36. The number of hydrogen-bond donors (Lipinski definition) is 2. The molecule has 0 bridgehead atoms. The molecule has 9 heteroatoms. The van der Waals surface area contributed by atoms with Gasteiger partial charge in [-0.05, 0) is 31.0 Å². The van der Waals surface area contributed by atoms with Gasteiger partial charge < -0.3 is 15.8 Å². The van der Waals surface area contributed by atoms with Gasteiger partial charge in [0.05, 0.1) is 5.02 Å². The van der Waals surface area contributed by atoms with E-state index in [0.717, 1.165) is 9.24 Å². The van der Waals surface area contributed by atoms with Crippen molar-refractivity contribution in [2.75, 3.05) is 18.5 Å². The number of hydrogen-bond acceptors (Lipinski definition) is 7. The molecule has 3 rings (SSSR count). The Hall–Kier alpha value is -1.19. The fourth-order valence-electron chi connectivity index (χ4n) is 2.18. The van der Waals surface area contributed by atoms with Gasteiger partial charge in [0.25, 0.3) is 0 Å². The van der Waals surface area contributed by atoms with E-state index in [2.05, 4.69) is 15.5 Å². The van der Waals surface area contributed by atoms with Crippen LogP contribution in [-0.2, 0) is 9.53 Å². The minimum atomic E-state index is -0.884. The van der Waals surface area contributed by atoms with Gasteiger partial charge in [0, 0.05) is 23.8 Å². The number of rotatable bonds is 4. The minimum absolute atomic E-state index is 0.207. The van der Waals surface area contributed by atoms with Crippen molar-refractivity contribution in [3.8, 4) is 0 Å². The van der Waals surface area contributed by atoms with E-state index in [9.17, 15) is 4.79 Å². The summed E-state index contributed by atoms with van der Waals surface area (Å²) >= 11 is 9.16. The first-order valence-electron chi connectivity index (χ1n) is 6.98. The van der Waals surface area contributed by atoms with Crippen molar-refractivity contribution in [3.63, 3.8) is 0 Å². The number of nitrogens with one attached hydrogen (secondary N) is 1. The monoisotopic (exact) mass is 370 g/mol. The number of nitrogens with two attached hydrogens (primary N) is 1. The molecule has 2 aromatic rings. The van der Waals surface area contributed by atoms with Crippen LogP contribution in [0.3, 0.4) is 0 Å². The standard InChI is InChI=1S/C14H15ClN4O2S2/c15-10-7-9(1-2-11(10)23-13-19-17-8-22-13)18-12(20)14(16)3-5-21-6-4-14/h1-2,7-8H,3-6,16H2,(H,18,20). The Balaban J connectivity index is 1.69. The van der Waals surface area contributed by atoms with E-state index in [0.29, 0.717) is 36.8 Å². The molecule has 0 aliphatic carbocycles. The van der Waals surface area contributed by atoms with Gasteiger partial charge in [0.1, 0.15) is 11.0 Å². The Kier molecular flexibility index (Phi) is 5.17. The Bertz CT molecular complexity index is 690. The number of ether oxygens (including phenoxy) is 1. The van der Waals surface area contributed by atoms with Crippen LogP contribution in [0.25, 0.3) is 0 Å². The van der Waals surface area contributed by atoms with Crippen LogP contribution in [0.15, 0.2) is 32.9 Å². The molecule has 2 heterocycles. The summed E-state index contributed by atoms with van der Waals surface area (Å²) in [5.74, 6) is -0.207. The van der Waals surface area contributed by atoms with Crippen molar-refractivity contribution in [2.45, 2.75) is 27.6 Å². The molecular formula is C14H15ClN4O2S2. The maximum atomic E-state index is 12.4. The fraction of sp³-hybridized carbons (Fsp3) is 0.357. The van der Waals surface area contributed by atoms with E-state index in [-0.39, 0.29) is 5.91 Å². The van der Waals surface area contributed by atoms with Gasteiger partial charge in [0.15, 0.2) is 4.34 Å². The summed E-state index contributed by atoms with van der Waals surface area (Å²) in [6.07, 6.45) is 1.02. The van der Waals surface area contributed by atoms with E-state index in [1.54, 1.807) is 17.6 Å². The predicted octanol–water partition coefficient (Wildman–Crippen LogP) is 2.79. The topological polar surface area (TPSA) is 90.1 Å². The largest absolute Gasteiger partial charge is 0.381 e. The van der Waals surface area contributed by atoms with Crippen molar-refractivity contribution in [2.24, 2.45) is 5.73 Å². The second kappa shape index (κ2) is 7.14. The van der Waals surface area contributed by atoms with Crippen LogP contribution < -0.4 is 11.1 Å². The fourth-order valence-corrected chi connectivity index (χ4v) is 3.92. The SMILES string of the molecule is NC1(C(=O)Nc2ccc(Sc3nncs3)c(Cl)c2)CCOCC1. The quantitative estimate of drug-likeness (QED) is 0.860. The highest BCUT2D eigenvalue weighted by molar-refractivity contribution is 8.01. The van der Waals surface area contributed by atoms with Gasteiger partial charge in [-0.3, -0.25) is 4.79 Å². The molecule has 1 aromatic heterocycles. The maximum absolute atomic E-state index is 12.4. The molecule has 23 heavy (non-hydrogen) atoms. The average molecular weight is 371 g/mol. The predicted molar refractivity (Wildman–Crippen MR) is 91.1 cm³/mol. The lowest BCUT2D eigenvalue weighted by Crippen LogP contribution is -2.54. The molecule has 1 saturated heterocycles. The molecule has 1 aromatic carbocycles. The number of carbonyl (C=O) groups is 1. The number of benzene rings is 1. The van der Waals surface area contributed by atoms with Crippen molar-refractivity contribution in [1.29, 1.82) is 0 Å². The number of anilines is 1. The maximum Gasteiger partial charge on any atom is 0.244 e. The van der Waals surface area contributed by atoms with Gasteiger partial charge in [-0.25, -0.2) is 0 Å². The first-order valence-corrected chi connectivity index (χ1v) is 9.06. The molecule has 0 saturated carbocycles. The molecule has 1 fully saturated rings. The number of carbonyl (C=O) groups excluding carboxylic acids is 1. The van der Waals surface area contributed by atoms with Crippen LogP contribution in [0.1, 0.15) is 12.8 Å². The zero-order valence-corrected chi connectivity index (χ0v) is 14.5. The zero-order chi connectivity index (χ0) is 16.3. The molecule has 0 spiro atoms. The molecule has 1 amide bonds. The normalized spacial score (nSPS) is 17.0. The van der Waals surface area contributed by atoms with Crippen molar-refractivity contribution in [3.05, 3.63) is 28.7 Å². The summed E-state index contributed by atoms with van der Waals surface area (Å²) in [6.45, 7) is 1.00. The van der Waals surface area contributed by atoms with Gasteiger partial charge in [0.2, 0.25) is 5.91 Å². The Morgan fingerprint density at radius 1 is 1.43 bits per heavy atom. The second-order valence-corrected chi connectivity index (χ2v) is 7.70. The summed E-state index contributed by atoms with van der Waals surface area (Å²) < 4.78 is 6.07. The van der Waals surface area contributed by atoms with Crippen molar-refractivity contribution < 1.29 is 9.53 Å². The minimum Gasteiger partial charge on any atom is -0.381 e. The Morgan fingerprint density at radius 3 is 2.87 bits per heavy atom. The van der Waals surface area contributed by atoms with Crippen molar-refractivity contribution in [1.82, 2.24) is 10.2 Å². The lowest BCUT2D eigenvalue weighted by molar-refractivity contribution is -0.124. The number of halogens is 1. The Morgan fingerprint density at radius 2 is 2.22 bits per heavy atom. The summed E-state index contributed by atoms with van der Waals surface area (Å²) in [5.41, 5.74) is 7.57. The summed E-state index contributed by atoms with van der Waals surface area (Å²) in [4.78, 5) is 13.2. The Labute approximate surface area is 146 Å². The van der Waals surface area contributed by atoms with Crippen molar-refractivity contribution >= 4 is 46.3 Å². The zero-order valence-electron chi connectivity index (χ0n) is 12.1. The molecule has 1 aliphatic heterocycles. The average Bonchev–Trinajstić information content (AvgIpc) is 3.04. The van der Waals surface area contributed by atoms with Crippen LogP contribution in [0.5, 0.6) is 0 Å². The summed E-state index contributed by atoms with van der Waals surface area (Å²) in [7, 11) is 0. The number of amides is 1. The van der Waals surface area contributed by atoms with Gasteiger partial charge >= 0.3 is 0 Å². The highest BCUT2D eigenvalue weighted by Gasteiger charge is 2.35. The van der Waals surface area contributed by atoms with Gasteiger partial charge in [-0.1, -0.05) is 34.7 Å². The molecule has 1 aliphatic rings. The van der Waals surface area contributed by atoms with Gasteiger partial charge in [-0.2, -0.15) is 0 Å². The van der Waals surface area contributed by atoms with Crippen LogP contribution in [0, 0.1) is 0 Å². The van der Waals surface area contributed by atoms with Crippen LogP contribution in [-0.4, -0.2) is 34.9 Å². The second-order valence-electron chi connectivity index (χ2n) is 5.17. The molecule has 3 N–H and O–H groups in total. The lowest BCUT2D eigenvalue weighted by Gasteiger charge is -2.31. The van der Waals surface area contributed by atoms with E-state index in [4.69, 9.17) is 22.1 Å². The third-order valence-electron chi connectivity index (χ3n) is 3.56. The molecule has 6 nitrogen and oxygen atoms in total. The highest BCUT2D eigenvalue weighted by atomic mass is 35.5. The van der Waals surface area contributed by atoms with Crippen LogP contribution in [0.2, 0.25) is 5.02 Å². The highest BCUT2D eigenvalue weighted by Crippen LogP contribution is 2.35. The first-order chi connectivity index (χ1) is 11.1. The van der Waals surface area contributed by atoms with E-state index >= 15 is 0 Å². The lowest BCUT2D eigenvalue weighted by atomic mass is 9.90.